The summed E-state index contributed by atoms with van der Waals surface area (Å²) in [7, 11) is 4.57. The largest absolute Gasteiger partial charge is 0.482 e. The van der Waals surface area contributed by atoms with Crippen molar-refractivity contribution < 1.29 is 17.9 Å². The van der Waals surface area contributed by atoms with Crippen molar-refractivity contribution in [1.82, 2.24) is 4.90 Å². The Morgan fingerprint density at radius 3 is 2.47 bits per heavy atom. The number of halogens is 2. The number of carbonyl (C=O) groups is 1. The summed E-state index contributed by atoms with van der Waals surface area (Å²) >= 11 is 3.19. The molecule has 1 rings (SSSR count). The van der Waals surface area contributed by atoms with Gasteiger partial charge in [-0.05, 0) is 24.6 Å². The molecular weight excluding hydrogens is 358 g/mol. The number of hydrogen-bond donors (Lipinski definition) is 0. The Morgan fingerprint density at radius 2 is 2.00 bits per heavy atom. The van der Waals surface area contributed by atoms with Gasteiger partial charge in [0.1, 0.15) is 10.6 Å². The van der Waals surface area contributed by atoms with E-state index >= 15 is 0 Å². The lowest BCUT2D eigenvalue weighted by Gasteiger charge is -2.15. The minimum Gasteiger partial charge on any atom is -0.482 e. The van der Waals surface area contributed by atoms with Gasteiger partial charge in [-0.2, -0.15) is 0 Å². The molecule has 0 saturated heterocycles. The van der Waals surface area contributed by atoms with E-state index in [2.05, 4.69) is 15.9 Å². The van der Waals surface area contributed by atoms with E-state index in [0.717, 1.165) is 0 Å². The van der Waals surface area contributed by atoms with Gasteiger partial charge in [0, 0.05) is 29.3 Å². The zero-order valence-corrected chi connectivity index (χ0v) is 13.8. The topological polar surface area (TPSA) is 63.7 Å². The van der Waals surface area contributed by atoms with E-state index in [1.807, 2.05) is 0 Å². The molecule has 0 N–H and O–H groups in total. The number of hydrogen-bond acceptors (Lipinski definition) is 4. The molecule has 0 aromatic heterocycles. The Morgan fingerprint density at radius 1 is 1.42 bits per heavy atom. The van der Waals surface area contributed by atoms with Gasteiger partial charge in [-0.3, -0.25) is 4.79 Å². The van der Waals surface area contributed by atoms with E-state index < -0.39 is 9.05 Å². The smallest absolute Gasteiger partial charge is 0.265 e. The molecule has 0 aliphatic heterocycles. The fourth-order valence-corrected chi connectivity index (χ4v) is 3.11. The van der Waals surface area contributed by atoms with Crippen molar-refractivity contribution in [2.45, 2.75) is 11.8 Å². The van der Waals surface area contributed by atoms with Crippen LogP contribution < -0.4 is 4.74 Å². The number of likely N-dealkylation sites (N-methyl/N-ethyl adjacent to an activating group) is 1. The average Bonchev–Trinajstić information content (AvgIpc) is 2.25. The lowest BCUT2D eigenvalue weighted by Crippen LogP contribution is -2.27. The molecule has 1 aromatic rings. The predicted molar refractivity (Wildman–Crippen MR) is 76.1 cm³/mol. The van der Waals surface area contributed by atoms with Gasteiger partial charge >= 0.3 is 0 Å². The second-order valence-electron chi connectivity index (χ2n) is 4.06. The molecule has 0 fully saturated rings. The molecule has 0 aliphatic carbocycles. The Bertz CT molecular complexity index is 601. The Kier molecular flexibility index (Phi) is 5.23. The molecule has 0 saturated carbocycles. The van der Waals surface area contributed by atoms with E-state index in [1.165, 1.54) is 11.0 Å². The minimum absolute atomic E-state index is 0.0911. The van der Waals surface area contributed by atoms with Crippen molar-refractivity contribution >= 4 is 41.6 Å². The third kappa shape index (κ3) is 4.36. The van der Waals surface area contributed by atoms with E-state index in [-0.39, 0.29) is 23.2 Å². The zero-order chi connectivity index (χ0) is 14.8. The Balaban J connectivity index is 3.16. The number of carbonyl (C=O) groups excluding carboxylic acids is 1. The highest BCUT2D eigenvalue weighted by Gasteiger charge is 2.21. The fourth-order valence-electron chi connectivity index (χ4n) is 1.33. The van der Waals surface area contributed by atoms with Crippen molar-refractivity contribution in [3.63, 3.8) is 0 Å². The van der Waals surface area contributed by atoms with Crippen molar-refractivity contribution in [2.24, 2.45) is 0 Å². The van der Waals surface area contributed by atoms with Gasteiger partial charge in [-0.15, -0.1) is 0 Å². The molecule has 0 aliphatic rings. The van der Waals surface area contributed by atoms with E-state index in [1.54, 1.807) is 27.1 Å². The summed E-state index contributed by atoms with van der Waals surface area (Å²) in [6, 6.07) is 3.02. The first-order valence-electron chi connectivity index (χ1n) is 5.20. The van der Waals surface area contributed by atoms with E-state index in [9.17, 15) is 13.2 Å². The van der Waals surface area contributed by atoms with Crippen LogP contribution in [0.5, 0.6) is 5.75 Å². The van der Waals surface area contributed by atoms with Crippen molar-refractivity contribution in [3.05, 3.63) is 22.2 Å². The van der Waals surface area contributed by atoms with Crippen LogP contribution in [-0.2, 0) is 13.8 Å². The molecule has 1 aromatic carbocycles. The maximum Gasteiger partial charge on any atom is 0.265 e. The van der Waals surface area contributed by atoms with Crippen LogP contribution in [0.4, 0.5) is 0 Å². The lowest BCUT2D eigenvalue weighted by atomic mass is 10.2. The number of aryl methyl sites for hydroxylation is 1. The van der Waals surface area contributed by atoms with Crippen LogP contribution in [0.25, 0.3) is 0 Å². The highest BCUT2D eigenvalue weighted by Crippen LogP contribution is 2.33. The number of amides is 1. The summed E-state index contributed by atoms with van der Waals surface area (Å²) in [5, 5.41) is 0. The third-order valence-electron chi connectivity index (χ3n) is 2.31. The van der Waals surface area contributed by atoms with E-state index in [0.29, 0.717) is 10.0 Å². The molecule has 19 heavy (non-hydrogen) atoms. The standard InChI is InChI=1S/C11H13BrClNO4S/c1-7-4-8(12)5-9(19(13,16)17)11(7)18-6-10(15)14(2)3/h4-5H,6H2,1-3H3. The fraction of sp³-hybridized carbons (Fsp3) is 0.364. The lowest BCUT2D eigenvalue weighted by molar-refractivity contribution is -0.130. The Labute approximate surface area is 125 Å². The SMILES string of the molecule is Cc1cc(Br)cc(S(=O)(=O)Cl)c1OCC(=O)N(C)C. The number of benzene rings is 1. The predicted octanol–water partition coefficient (Wildman–Crippen LogP) is 2.15. The minimum atomic E-state index is -3.95. The van der Waals surface area contributed by atoms with Gasteiger partial charge in [0.2, 0.25) is 0 Å². The molecule has 0 unspecified atom stereocenters. The van der Waals surface area contributed by atoms with Crippen LogP contribution in [0.15, 0.2) is 21.5 Å². The van der Waals surface area contributed by atoms with Crippen molar-refractivity contribution in [2.75, 3.05) is 20.7 Å². The van der Waals surface area contributed by atoms with Crippen LogP contribution in [0.1, 0.15) is 5.56 Å². The summed E-state index contributed by atoms with van der Waals surface area (Å²) in [5.74, 6) is -0.186. The molecule has 0 spiro atoms. The van der Waals surface area contributed by atoms with Crippen LogP contribution in [0, 0.1) is 6.92 Å². The van der Waals surface area contributed by atoms with Crippen molar-refractivity contribution in [3.8, 4) is 5.75 Å². The summed E-state index contributed by atoms with van der Waals surface area (Å²) in [6.45, 7) is 1.42. The van der Waals surface area contributed by atoms with Gasteiger partial charge in [-0.25, -0.2) is 8.42 Å². The quantitative estimate of drug-likeness (QED) is 0.762. The number of nitrogens with zero attached hydrogens (tertiary/aromatic N) is 1. The molecular formula is C11H13BrClNO4S. The van der Waals surface area contributed by atoms with Crippen LogP contribution in [0.3, 0.4) is 0 Å². The summed E-state index contributed by atoms with van der Waals surface area (Å²) < 4.78 is 28.9. The molecule has 0 heterocycles. The first-order chi connectivity index (χ1) is 8.62. The molecule has 106 valence electrons. The van der Waals surface area contributed by atoms with Crippen LogP contribution in [0.2, 0.25) is 0 Å². The first kappa shape index (κ1) is 16.3. The molecule has 8 heteroatoms. The van der Waals surface area contributed by atoms with Gasteiger partial charge < -0.3 is 9.64 Å². The maximum absolute atomic E-state index is 11.5. The average molecular weight is 371 g/mol. The summed E-state index contributed by atoms with van der Waals surface area (Å²) in [4.78, 5) is 12.7. The highest BCUT2D eigenvalue weighted by molar-refractivity contribution is 9.10. The molecule has 5 nitrogen and oxygen atoms in total. The normalized spacial score (nSPS) is 11.2. The van der Waals surface area contributed by atoms with E-state index in [4.69, 9.17) is 15.4 Å². The zero-order valence-electron chi connectivity index (χ0n) is 10.6. The van der Waals surface area contributed by atoms with Gasteiger partial charge in [0.15, 0.2) is 6.61 Å². The second-order valence-corrected chi connectivity index (χ2v) is 7.51. The highest BCUT2D eigenvalue weighted by atomic mass is 79.9. The summed E-state index contributed by atoms with van der Waals surface area (Å²) in [6.07, 6.45) is 0. The van der Waals surface area contributed by atoms with Crippen LogP contribution in [-0.4, -0.2) is 39.9 Å². The van der Waals surface area contributed by atoms with Crippen LogP contribution >= 0.6 is 26.6 Å². The molecule has 1 amide bonds. The van der Waals surface area contributed by atoms with Gasteiger partial charge in [-0.1, -0.05) is 15.9 Å². The number of ether oxygens (including phenoxy) is 1. The Hall–Kier alpha value is -0.790. The molecule has 0 radical (unpaired) electrons. The monoisotopic (exact) mass is 369 g/mol. The van der Waals surface area contributed by atoms with Gasteiger partial charge in [0.05, 0.1) is 0 Å². The maximum atomic E-state index is 11.5. The summed E-state index contributed by atoms with van der Waals surface area (Å²) in [5.41, 5.74) is 0.570. The first-order valence-corrected chi connectivity index (χ1v) is 8.31. The second kappa shape index (κ2) is 6.11. The van der Waals surface area contributed by atoms with Crippen molar-refractivity contribution in [1.29, 1.82) is 0 Å². The van der Waals surface area contributed by atoms with Gasteiger partial charge in [0.25, 0.3) is 15.0 Å². The molecule has 0 bridgehead atoms. The molecule has 0 atom stereocenters. The number of rotatable bonds is 4. The third-order valence-corrected chi connectivity index (χ3v) is 4.09.